The lowest BCUT2D eigenvalue weighted by Gasteiger charge is -2.14. The van der Waals surface area contributed by atoms with Crippen molar-refractivity contribution in [2.75, 3.05) is 47.3 Å². The molecule has 1 aromatic heterocycles. The molecule has 166 valence electrons. The fourth-order valence-corrected chi connectivity index (χ4v) is 3.37. The SMILES string of the molecule is CN=C(NCCCc1cc2c(OC)cc(OC)cc2[nH]1)Nc1ccc(OC)c(OC)c1. The van der Waals surface area contributed by atoms with Crippen molar-refractivity contribution in [2.24, 2.45) is 4.99 Å². The summed E-state index contributed by atoms with van der Waals surface area (Å²) in [5.41, 5.74) is 3.01. The van der Waals surface area contributed by atoms with E-state index in [2.05, 4.69) is 26.7 Å². The van der Waals surface area contributed by atoms with Gasteiger partial charge in [-0.3, -0.25) is 4.99 Å². The molecule has 0 radical (unpaired) electrons. The van der Waals surface area contributed by atoms with Gasteiger partial charge in [-0.05, 0) is 31.0 Å². The highest BCUT2D eigenvalue weighted by atomic mass is 16.5. The number of benzene rings is 2. The number of nitrogens with one attached hydrogen (secondary N) is 3. The van der Waals surface area contributed by atoms with E-state index in [1.165, 1.54) is 0 Å². The fourth-order valence-electron chi connectivity index (χ4n) is 3.37. The van der Waals surface area contributed by atoms with Gasteiger partial charge in [-0.2, -0.15) is 0 Å². The van der Waals surface area contributed by atoms with Crippen molar-refractivity contribution < 1.29 is 18.9 Å². The number of hydrogen-bond donors (Lipinski definition) is 3. The first kappa shape index (κ1) is 22.1. The highest BCUT2D eigenvalue weighted by Crippen LogP contribution is 2.32. The molecule has 1 heterocycles. The molecule has 0 aliphatic heterocycles. The second kappa shape index (κ2) is 10.5. The van der Waals surface area contributed by atoms with E-state index in [0.29, 0.717) is 17.5 Å². The fraction of sp³-hybridized carbons (Fsp3) is 0.348. The molecule has 0 atom stereocenters. The Hall–Kier alpha value is -3.55. The number of rotatable bonds is 9. The van der Waals surface area contributed by atoms with Crippen LogP contribution in [0.3, 0.4) is 0 Å². The zero-order valence-corrected chi connectivity index (χ0v) is 18.7. The van der Waals surface area contributed by atoms with Crippen LogP contribution in [-0.2, 0) is 6.42 Å². The minimum absolute atomic E-state index is 0.661. The molecule has 0 amide bonds. The third kappa shape index (κ3) is 5.33. The van der Waals surface area contributed by atoms with E-state index in [1.807, 2.05) is 30.3 Å². The van der Waals surface area contributed by atoms with Gasteiger partial charge in [0.25, 0.3) is 0 Å². The summed E-state index contributed by atoms with van der Waals surface area (Å²) in [5, 5.41) is 7.66. The van der Waals surface area contributed by atoms with Gasteiger partial charge >= 0.3 is 0 Å². The quantitative estimate of drug-likeness (QED) is 0.274. The summed E-state index contributed by atoms with van der Waals surface area (Å²) in [6, 6.07) is 11.6. The number of aryl methyl sites for hydroxylation is 1. The minimum atomic E-state index is 0.661. The average Bonchev–Trinajstić information content (AvgIpc) is 3.22. The normalized spacial score (nSPS) is 11.3. The van der Waals surface area contributed by atoms with Gasteiger partial charge in [0.1, 0.15) is 11.5 Å². The Bertz CT molecular complexity index is 1050. The van der Waals surface area contributed by atoms with Crippen molar-refractivity contribution in [2.45, 2.75) is 12.8 Å². The predicted molar refractivity (Wildman–Crippen MR) is 124 cm³/mol. The number of aromatic amines is 1. The van der Waals surface area contributed by atoms with Gasteiger partial charge in [0, 0.05) is 48.6 Å². The first-order chi connectivity index (χ1) is 15.1. The molecule has 8 heteroatoms. The maximum absolute atomic E-state index is 5.49. The average molecular weight is 427 g/mol. The molecule has 3 rings (SSSR count). The lowest BCUT2D eigenvalue weighted by atomic mass is 10.2. The van der Waals surface area contributed by atoms with Crippen molar-refractivity contribution in [3.05, 3.63) is 42.1 Å². The van der Waals surface area contributed by atoms with Gasteiger partial charge in [-0.1, -0.05) is 0 Å². The molecular weight excluding hydrogens is 396 g/mol. The van der Waals surface area contributed by atoms with Crippen molar-refractivity contribution in [3.63, 3.8) is 0 Å². The standard InChI is InChI=1S/C23H30N4O4/c1-24-23(27-16-8-9-20(29-3)22(12-16)31-5)25-10-6-7-15-11-18-19(26-15)13-17(28-2)14-21(18)30-4/h8-9,11-14,26H,6-7,10H2,1-5H3,(H2,24,25,27). The van der Waals surface area contributed by atoms with Gasteiger partial charge in [-0.15, -0.1) is 0 Å². The molecule has 8 nitrogen and oxygen atoms in total. The molecule has 0 aliphatic carbocycles. The van der Waals surface area contributed by atoms with Crippen molar-refractivity contribution in [1.82, 2.24) is 10.3 Å². The molecule has 3 aromatic rings. The van der Waals surface area contributed by atoms with Crippen LogP contribution in [0.5, 0.6) is 23.0 Å². The molecule has 0 saturated carbocycles. The number of hydrogen-bond acceptors (Lipinski definition) is 5. The van der Waals surface area contributed by atoms with Gasteiger partial charge < -0.3 is 34.6 Å². The minimum Gasteiger partial charge on any atom is -0.497 e. The number of fused-ring (bicyclic) bond motifs is 1. The van der Waals surface area contributed by atoms with Crippen molar-refractivity contribution in [3.8, 4) is 23.0 Å². The third-order valence-electron chi connectivity index (χ3n) is 4.97. The van der Waals surface area contributed by atoms with E-state index >= 15 is 0 Å². The van der Waals surface area contributed by atoms with E-state index in [4.69, 9.17) is 18.9 Å². The summed E-state index contributed by atoms with van der Waals surface area (Å²) in [7, 11) is 8.30. The number of ether oxygens (including phenoxy) is 4. The van der Waals surface area contributed by atoms with Crippen LogP contribution in [0.15, 0.2) is 41.4 Å². The molecule has 0 bridgehead atoms. The second-order valence-corrected chi connectivity index (χ2v) is 6.88. The molecule has 2 aromatic carbocycles. The van der Waals surface area contributed by atoms with Crippen LogP contribution in [0.2, 0.25) is 0 Å². The lowest BCUT2D eigenvalue weighted by molar-refractivity contribution is 0.355. The number of H-pyrrole nitrogens is 1. The van der Waals surface area contributed by atoms with E-state index in [9.17, 15) is 0 Å². The first-order valence-corrected chi connectivity index (χ1v) is 10.0. The number of nitrogens with zero attached hydrogens (tertiary/aromatic N) is 1. The van der Waals surface area contributed by atoms with Crippen LogP contribution >= 0.6 is 0 Å². The van der Waals surface area contributed by atoms with Crippen molar-refractivity contribution in [1.29, 1.82) is 0 Å². The Morgan fingerprint density at radius 3 is 2.35 bits per heavy atom. The van der Waals surface area contributed by atoms with Crippen molar-refractivity contribution >= 4 is 22.5 Å². The molecule has 0 aliphatic rings. The summed E-state index contributed by atoms with van der Waals surface area (Å²) in [4.78, 5) is 7.74. The predicted octanol–water partition coefficient (Wildman–Crippen LogP) is 3.82. The molecular formula is C23H30N4O4. The topological polar surface area (TPSA) is 89.1 Å². The van der Waals surface area contributed by atoms with Crippen LogP contribution in [0.25, 0.3) is 10.9 Å². The van der Waals surface area contributed by atoms with Crippen LogP contribution in [-0.4, -0.2) is 53.0 Å². The number of guanidine groups is 1. The maximum atomic E-state index is 5.49. The summed E-state index contributed by atoms with van der Waals surface area (Å²) >= 11 is 0. The lowest BCUT2D eigenvalue weighted by Crippen LogP contribution is -2.31. The van der Waals surface area contributed by atoms with Crippen LogP contribution in [0, 0.1) is 0 Å². The highest BCUT2D eigenvalue weighted by molar-refractivity contribution is 5.93. The number of anilines is 1. The Morgan fingerprint density at radius 1 is 0.903 bits per heavy atom. The Morgan fingerprint density at radius 2 is 1.68 bits per heavy atom. The molecule has 3 N–H and O–H groups in total. The molecule has 0 spiro atoms. The highest BCUT2D eigenvalue weighted by Gasteiger charge is 2.10. The summed E-state index contributed by atoms with van der Waals surface area (Å²) < 4.78 is 21.5. The van der Waals surface area contributed by atoms with E-state index < -0.39 is 0 Å². The largest absolute Gasteiger partial charge is 0.497 e. The third-order valence-corrected chi connectivity index (χ3v) is 4.97. The Labute approximate surface area is 182 Å². The van der Waals surface area contributed by atoms with Gasteiger partial charge in [0.05, 0.1) is 34.0 Å². The van der Waals surface area contributed by atoms with E-state index in [0.717, 1.165) is 53.2 Å². The summed E-state index contributed by atoms with van der Waals surface area (Å²) in [6.07, 6.45) is 1.82. The molecule has 0 fully saturated rings. The van der Waals surface area contributed by atoms with E-state index in [-0.39, 0.29) is 0 Å². The zero-order chi connectivity index (χ0) is 22.2. The van der Waals surface area contributed by atoms with Gasteiger partial charge in [-0.25, -0.2) is 0 Å². The van der Waals surface area contributed by atoms with Gasteiger partial charge in [0.15, 0.2) is 17.5 Å². The van der Waals surface area contributed by atoms with Crippen LogP contribution in [0.1, 0.15) is 12.1 Å². The second-order valence-electron chi connectivity index (χ2n) is 6.88. The van der Waals surface area contributed by atoms with Crippen LogP contribution in [0.4, 0.5) is 5.69 Å². The monoisotopic (exact) mass is 426 g/mol. The Kier molecular flexibility index (Phi) is 7.48. The first-order valence-electron chi connectivity index (χ1n) is 10.0. The number of methoxy groups -OCH3 is 4. The summed E-state index contributed by atoms with van der Waals surface area (Å²) in [5.74, 6) is 3.60. The molecule has 31 heavy (non-hydrogen) atoms. The van der Waals surface area contributed by atoms with Gasteiger partial charge in [0.2, 0.25) is 0 Å². The van der Waals surface area contributed by atoms with E-state index in [1.54, 1.807) is 35.5 Å². The Balaban J connectivity index is 1.56. The smallest absolute Gasteiger partial charge is 0.195 e. The zero-order valence-electron chi connectivity index (χ0n) is 18.7. The maximum Gasteiger partial charge on any atom is 0.195 e. The number of aromatic nitrogens is 1. The number of aliphatic imine (C=N–C) groups is 1. The molecule has 0 saturated heterocycles. The summed E-state index contributed by atoms with van der Waals surface area (Å²) in [6.45, 7) is 0.767. The molecule has 0 unspecified atom stereocenters. The van der Waals surface area contributed by atoms with Crippen LogP contribution < -0.4 is 29.6 Å².